The second-order valence-corrected chi connectivity index (χ2v) is 8.07. The Morgan fingerprint density at radius 2 is 1.93 bits per heavy atom. The monoisotopic (exact) mass is 404 g/mol. The Morgan fingerprint density at radius 1 is 1.10 bits per heavy atom. The van der Waals surface area contributed by atoms with Gasteiger partial charge in [0.05, 0.1) is 6.54 Å². The van der Waals surface area contributed by atoms with Gasteiger partial charge >= 0.3 is 0 Å². The standard InChI is InChI=1S/C24H28N4O2/c1-16-7-6-8-18(13-16)23-27-22(30-28-23)15-25-21-12-11-19(14-17(21)2)24(29)26-20-9-4-3-5-10-20/h6-8,11-14,20,25H,3-5,9-10,15H2,1-2H3,(H,26,29). The summed E-state index contributed by atoms with van der Waals surface area (Å²) in [5.74, 6) is 1.11. The lowest BCUT2D eigenvalue weighted by molar-refractivity contribution is 0.0927. The molecule has 2 N–H and O–H groups in total. The van der Waals surface area contributed by atoms with Gasteiger partial charge in [0.25, 0.3) is 5.91 Å². The molecule has 0 atom stereocenters. The molecule has 1 aliphatic carbocycles. The van der Waals surface area contributed by atoms with Crippen molar-refractivity contribution >= 4 is 11.6 Å². The van der Waals surface area contributed by atoms with Gasteiger partial charge in [0.15, 0.2) is 0 Å². The summed E-state index contributed by atoms with van der Waals surface area (Å²) in [5, 5.41) is 10.6. The van der Waals surface area contributed by atoms with E-state index in [2.05, 4.69) is 20.8 Å². The highest BCUT2D eigenvalue weighted by molar-refractivity contribution is 5.95. The lowest BCUT2D eigenvalue weighted by Gasteiger charge is -2.23. The first-order valence-corrected chi connectivity index (χ1v) is 10.6. The van der Waals surface area contributed by atoms with Crippen LogP contribution >= 0.6 is 0 Å². The molecule has 6 nitrogen and oxygen atoms in total. The zero-order chi connectivity index (χ0) is 20.9. The number of nitrogens with zero attached hydrogens (tertiary/aromatic N) is 2. The van der Waals surface area contributed by atoms with Crippen LogP contribution in [0.15, 0.2) is 47.0 Å². The summed E-state index contributed by atoms with van der Waals surface area (Å²) in [6.07, 6.45) is 5.85. The van der Waals surface area contributed by atoms with Gasteiger partial charge in [-0.1, -0.05) is 48.2 Å². The molecule has 0 bridgehead atoms. The minimum Gasteiger partial charge on any atom is -0.376 e. The Hall–Kier alpha value is -3.15. The SMILES string of the molecule is Cc1cccc(-c2noc(CNc3ccc(C(=O)NC4CCCCC4)cc3C)n2)c1. The van der Waals surface area contributed by atoms with Gasteiger partial charge in [-0.2, -0.15) is 4.98 Å². The molecule has 30 heavy (non-hydrogen) atoms. The first kappa shape index (κ1) is 20.1. The van der Waals surface area contributed by atoms with Crippen molar-refractivity contribution in [2.24, 2.45) is 0 Å². The lowest BCUT2D eigenvalue weighted by Crippen LogP contribution is -2.36. The van der Waals surface area contributed by atoms with Gasteiger partial charge in [-0.05, 0) is 56.5 Å². The largest absolute Gasteiger partial charge is 0.376 e. The van der Waals surface area contributed by atoms with E-state index in [0.717, 1.165) is 35.2 Å². The second kappa shape index (κ2) is 9.11. The van der Waals surface area contributed by atoms with E-state index >= 15 is 0 Å². The molecule has 1 aliphatic rings. The number of benzene rings is 2. The average molecular weight is 405 g/mol. The van der Waals surface area contributed by atoms with Crippen molar-refractivity contribution in [2.75, 3.05) is 5.32 Å². The predicted molar refractivity (Wildman–Crippen MR) is 117 cm³/mol. The highest BCUT2D eigenvalue weighted by Crippen LogP contribution is 2.21. The molecule has 1 heterocycles. The number of rotatable bonds is 6. The van der Waals surface area contributed by atoms with Crippen LogP contribution in [-0.4, -0.2) is 22.1 Å². The van der Waals surface area contributed by atoms with Crippen LogP contribution in [0.2, 0.25) is 0 Å². The van der Waals surface area contributed by atoms with E-state index in [-0.39, 0.29) is 5.91 Å². The highest BCUT2D eigenvalue weighted by Gasteiger charge is 2.17. The minimum atomic E-state index is 0.0104. The maximum Gasteiger partial charge on any atom is 0.251 e. The van der Waals surface area contributed by atoms with Crippen molar-refractivity contribution in [2.45, 2.75) is 58.5 Å². The van der Waals surface area contributed by atoms with Gasteiger partial charge in [0.2, 0.25) is 11.7 Å². The van der Waals surface area contributed by atoms with Gasteiger partial charge in [-0.25, -0.2) is 0 Å². The number of aryl methyl sites for hydroxylation is 2. The van der Waals surface area contributed by atoms with Crippen LogP contribution in [0, 0.1) is 13.8 Å². The normalized spacial score (nSPS) is 14.5. The number of amides is 1. The van der Waals surface area contributed by atoms with Gasteiger partial charge in [0.1, 0.15) is 0 Å². The van der Waals surface area contributed by atoms with Crippen LogP contribution in [0.25, 0.3) is 11.4 Å². The molecule has 0 saturated heterocycles. The number of carbonyl (C=O) groups excluding carboxylic acids is 1. The molecule has 2 aromatic carbocycles. The highest BCUT2D eigenvalue weighted by atomic mass is 16.5. The first-order valence-electron chi connectivity index (χ1n) is 10.6. The molecule has 0 radical (unpaired) electrons. The van der Waals surface area contributed by atoms with E-state index in [0.29, 0.717) is 29.9 Å². The molecular weight excluding hydrogens is 376 g/mol. The molecule has 1 aromatic heterocycles. The van der Waals surface area contributed by atoms with E-state index < -0.39 is 0 Å². The molecule has 1 amide bonds. The maximum atomic E-state index is 12.6. The van der Waals surface area contributed by atoms with Crippen LogP contribution in [0.3, 0.4) is 0 Å². The Morgan fingerprint density at radius 3 is 2.70 bits per heavy atom. The minimum absolute atomic E-state index is 0.0104. The number of hydrogen-bond acceptors (Lipinski definition) is 5. The summed E-state index contributed by atoms with van der Waals surface area (Å²) in [6.45, 7) is 4.45. The molecule has 1 fully saturated rings. The van der Waals surface area contributed by atoms with Gasteiger partial charge in [-0.3, -0.25) is 4.79 Å². The van der Waals surface area contributed by atoms with Crippen LogP contribution in [-0.2, 0) is 6.54 Å². The predicted octanol–water partition coefficient (Wildman–Crippen LogP) is 5.03. The smallest absolute Gasteiger partial charge is 0.251 e. The molecule has 4 rings (SSSR count). The summed E-state index contributed by atoms with van der Waals surface area (Å²) in [4.78, 5) is 17.0. The van der Waals surface area contributed by atoms with Gasteiger partial charge < -0.3 is 15.2 Å². The van der Waals surface area contributed by atoms with E-state index in [1.807, 2.05) is 56.3 Å². The summed E-state index contributed by atoms with van der Waals surface area (Å²) in [7, 11) is 0. The topological polar surface area (TPSA) is 80.0 Å². The molecule has 0 aliphatic heterocycles. The molecule has 0 spiro atoms. The zero-order valence-electron chi connectivity index (χ0n) is 17.6. The quantitative estimate of drug-likeness (QED) is 0.602. The van der Waals surface area contributed by atoms with Crippen molar-refractivity contribution in [3.63, 3.8) is 0 Å². The fourth-order valence-corrected chi connectivity index (χ4v) is 3.92. The summed E-state index contributed by atoms with van der Waals surface area (Å²) in [6, 6.07) is 14.0. The molecule has 1 saturated carbocycles. The number of nitrogens with one attached hydrogen (secondary N) is 2. The van der Waals surface area contributed by atoms with Crippen molar-refractivity contribution in [3.05, 3.63) is 65.0 Å². The Bertz CT molecular complexity index is 1020. The maximum absolute atomic E-state index is 12.6. The Labute approximate surface area is 177 Å². The Balaban J connectivity index is 1.36. The van der Waals surface area contributed by atoms with Crippen molar-refractivity contribution < 1.29 is 9.32 Å². The van der Waals surface area contributed by atoms with Gasteiger partial charge in [-0.15, -0.1) is 0 Å². The van der Waals surface area contributed by atoms with E-state index in [1.54, 1.807) is 0 Å². The van der Waals surface area contributed by atoms with Crippen LogP contribution < -0.4 is 10.6 Å². The lowest BCUT2D eigenvalue weighted by atomic mass is 9.95. The first-order chi connectivity index (χ1) is 14.6. The van der Waals surface area contributed by atoms with Crippen molar-refractivity contribution in [1.29, 1.82) is 0 Å². The van der Waals surface area contributed by atoms with E-state index in [1.165, 1.54) is 19.3 Å². The zero-order valence-corrected chi connectivity index (χ0v) is 17.6. The summed E-state index contributed by atoms with van der Waals surface area (Å²) in [5.41, 5.74) is 4.74. The van der Waals surface area contributed by atoms with Crippen LogP contribution in [0.1, 0.15) is 59.5 Å². The average Bonchev–Trinajstić information content (AvgIpc) is 3.23. The van der Waals surface area contributed by atoms with Crippen molar-refractivity contribution in [3.8, 4) is 11.4 Å². The molecule has 6 heteroatoms. The third-order valence-corrected chi connectivity index (χ3v) is 5.60. The summed E-state index contributed by atoms with van der Waals surface area (Å²) >= 11 is 0. The third-order valence-electron chi connectivity index (χ3n) is 5.60. The molecule has 3 aromatic rings. The van der Waals surface area contributed by atoms with E-state index in [4.69, 9.17) is 4.52 Å². The fourth-order valence-electron chi connectivity index (χ4n) is 3.92. The second-order valence-electron chi connectivity index (χ2n) is 8.07. The third kappa shape index (κ3) is 4.87. The number of carbonyl (C=O) groups is 1. The fraction of sp³-hybridized carbons (Fsp3) is 0.375. The van der Waals surface area contributed by atoms with Gasteiger partial charge in [0, 0.05) is 22.9 Å². The number of hydrogen-bond donors (Lipinski definition) is 2. The Kier molecular flexibility index (Phi) is 6.12. The van der Waals surface area contributed by atoms with E-state index in [9.17, 15) is 4.79 Å². The van der Waals surface area contributed by atoms with Crippen LogP contribution in [0.4, 0.5) is 5.69 Å². The summed E-state index contributed by atoms with van der Waals surface area (Å²) < 4.78 is 5.38. The van der Waals surface area contributed by atoms with Crippen LogP contribution in [0.5, 0.6) is 0 Å². The molecule has 156 valence electrons. The number of anilines is 1. The molecule has 0 unspecified atom stereocenters. The number of aromatic nitrogens is 2. The molecular formula is C24H28N4O2. The van der Waals surface area contributed by atoms with Crippen molar-refractivity contribution in [1.82, 2.24) is 15.5 Å².